The lowest BCUT2D eigenvalue weighted by atomic mass is 10.1. The zero-order valence-corrected chi connectivity index (χ0v) is 14.0. The second-order valence-electron chi connectivity index (χ2n) is 6.63. The number of nitrogens with zero attached hydrogens (tertiary/aromatic N) is 4. The van der Waals surface area contributed by atoms with Gasteiger partial charge in [0.15, 0.2) is 5.82 Å². The van der Waals surface area contributed by atoms with Crippen molar-refractivity contribution in [3.8, 4) is 11.5 Å². The first-order valence-corrected chi connectivity index (χ1v) is 8.47. The van der Waals surface area contributed by atoms with E-state index in [1.54, 1.807) is 0 Å². The molecule has 1 aliphatic rings. The molecule has 0 unspecified atom stereocenters. The Morgan fingerprint density at radius 1 is 1.33 bits per heavy atom. The molecule has 1 saturated heterocycles. The molecular formula is C16H23F2N5O. The number of rotatable bonds is 5. The van der Waals surface area contributed by atoms with Crippen LogP contribution in [0, 0.1) is 5.92 Å². The first-order valence-electron chi connectivity index (χ1n) is 8.47. The Morgan fingerprint density at radius 3 is 2.92 bits per heavy atom. The Morgan fingerprint density at radius 2 is 2.17 bits per heavy atom. The third kappa shape index (κ3) is 3.63. The van der Waals surface area contributed by atoms with Gasteiger partial charge in [-0.25, -0.2) is 8.78 Å². The summed E-state index contributed by atoms with van der Waals surface area (Å²) in [5.74, 6) is 0.855. The molecule has 0 bridgehead atoms. The molecule has 24 heavy (non-hydrogen) atoms. The van der Waals surface area contributed by atoms with Gasteiger partial charge in [-0.1, -0.05) is 31.8 Å². The molecule has 132 valence electrons. The van der Waals surface area contributed by atoms with Crippen molar-refractivity contribution < 1.29 is 13.3 Å². The lowest BCUT2D eigenvalue weighted by Gasteiger charge is -2.10. The van der Waals surface area contributed by atoms with Gasteiger partial charge in [-0.2, -0.15) is 10.1 Å². The molecule has 2 aromatic heterocycles. The van der Waals surface area contributed by atoms with Crippen LogP contribution in [0.2, 0.25) is 0 Å². The summed E-state index contributed by atoms with van der Waals surface area (Å²) in [6, 6.07) is 0.0192. The summed E-state index contributed by atoms with van der Waals surface area (Å²) in [4.78, 5) is 4.35. The van der Waals surface area contributed by atoms with Crippen LogP contribution in [0.4, 0.5) is 8.78 Å². The van der Waals surface area contributed by atoms with Crippen LogP contribution in [0.25, 0.3) is 11.5 Å². The summed E-state index contributed by atoms with van der Waals surface area (Å²) in [5.41, 5.74) is 0.0609. The van der Waals surface area contributed by atoms with E-state index in [-0.39, 0.29) is 29.1 Å². The van der Waals surface area contributed by atoms with Crippen molar-refractivity contribution in [2.75, 3.05) is 6.54 Å². The number of hydrogen-bond acceptors (Lipinski definition) is 5. The van der Waals surface area contributed by atoms with Crippen molar-refractivity contribution in [2.24, 2.45) is 5.92 Å². The number of hydrogen-bond donors (Lipinski definition) is 1. The molecule has 2 aromatic rings. The van der Waals surface area contributed by atoms with Gasteiger partial charge in [0.1, 0.15) is 5.69 Å². The van der Waals surface area contributed by atoms with E-state index in [0.717, 1.165) is 25.8 Å². The SMILES string of the molecule is CC(C)Cn1ncc(-c2nc([C@@H]3CCCCCN3)no2)c1C(F)F. The number of halogens is 2. The van der Waals surface area contributed by atoms with Gasteiger partial charge < -0.3 is 9.84 Å². The molecule has 1 fully saturated rings. The van der Waals surface area contributed by atoms with E-state index in [0.29, 0.717) is 12.4 Å². The smallest absolute Gasteiger partial charge is 0.280 e. The second kappa shape index (κ2) is 7.38. The molecular weight excluding hydrogens is 316 g/mol. The molecule has 0 aliphatic carbocycles. The minimum Gasteiger partial charge on any atom is -0.334 e. The maximum Gasteiger partial charge on any atom is 0.280 e. The van der Waals surface area contributed by atoms with Gasteiger partial charge in [0, 0.05) is 6.54 Å². The summed E-state index contributed by atoms with van der Waals surface area (Å²) in [5, 5.41) is 11.5. The lowest BCUT2D eigenvalue weighted by molar-refractivity contribution is 0.138. The summed E-state index contributed by atoms with van der Waals surface area (Å²) in [6.45, 7) is 5.24. The summed E-state index contributed by atoms with van der Waals surface area (Å²) < 4.78 is 33.6. The zero-order valence-electron chi connectivity index (χ0n) is 14.0. The van der Waals surface area contributed by atoms with Gasteiger partial charge >= 0.3 is 0 Å². The Kier molecular flexibility index (Phi) is 5.23. The third-order valence-electron chi connectivity index (χ3n) is 4.17. The lowest BCUT2D eigenvalue weighted by Crippen LogP contribution is -2.21. The maximum absolute atomic E-state index is 13.5. The molecule has 0 radical (unpaired) electrons. The fourth-order valence-electron chi connectivity index (χ4n) is 3.02. The minimum absolute atomic E-state index is 0.0192. The van der Waals surface area contributed by atoms with E-state index >= 15 is 0 Å². The van der Waals surface area contributed by atoms with E-state index in [1.165, 1.54) is 17.3 Å². The summed E-state index contributed by atoms with van der Waals surface area (Å²) >= 11 is 0. The number of aromatic nitrogens is 4. The minimum atomic E-state index is -2.65. The summed E-state index contributed by atoms with van der Waals surface area (Å²) in [6.07, 6.45) is 3.06. The van der Waals surface area contributed by atoms with E-state index in [4.69, 9.17) is 4.52 Å². The van der Waals surface area contributed by atoms with Gasteiger partial charge in [-0.15, -0.1) is 0 Å². The summed E-state index contributed by atoms with van der Waals surface area (Å²) in [7, 11) is 0. The normalized spacial score (nSPS) is 19.2. The molecule has 3 heterocycles. The predicted molar refractivity (Wildman–Crippen MR) is 84.5 cm³/mol. The van der Waals surface area contributed by atoms with Crippen LogP contribution < -0.4 is 5.32 Å². The standard InChI is InChI=1S/C16H23F2N5O/c1-10(2)9-23-13(14(17)18)11(8-20-23)16-21-15(22-24-16)12-6-4-3-5-7-19-12/h8,10,12,14,19H,3-7,9H2,1-2H3/t12-/m0/s1. The van der Waals surface area contributed by atoms with Gasteiger partial charge in [-0.3, -0.25) is 4.68 Å². The first-order chi connectivity index (χ1) is 11.6. The van der Waals surface area contributed by atoms with Crippen molar-refractivity contribution >= 4 is 0 Å². The average molecular weight is 339 g/mol. The Labute approximate surface area is 139 Å². The molecule has 1 atom stereocenters. The van der Waals surface area contributed by atoms with Crippen LogP contribution in [0.5, 0.6) is 0 Å². The first kappa shape index (κ1) is 17.0. The molecule has 1 aliphatic heterocycles. The molecule has 8 heteroatoms. The van der Waals surface area contributed by atoms with Gasteiger partial charge in [-0.05, 0) is 25.3 Å². The van der Waals surface area contributed by atoms with Gasteiger partial charge in [0.05, 0.1) is 17.8 Å². The average Bonchev–Trinajstić information content (AvgIpc) is 3.06. The van der Waals surface area contributed by atoms with Crippen LogP contribution in [0.15, 0.2) is 10.7 Å². The van der Waals surface area contributed by atoms with Crippen molar-refractivity contribution in [2.45, 2.75) is 58.5 Å². The molecule has 6 nitrogen and oxygen atoms in total. The van der Waals surface area contributed by atoms with Gasteiger partial charge in [0.2, 0.25) is 0 Å². The van der Waals surface area contributed by atoms with E-state index in [2.05, 4.69) is 20.6 Å². The Balaban J connectivity index is 1.88. The van der Waals surface area contributed by atoms with Crippen LogP contribution in [-0.2, 0) is 6.54 Å². The largest absolute Gasteiger partial charge is 0.334 e. The number of alkyl halides is 2. The van der Waals surface area contributed by atoms with Crippen LogP contribution >= 0.6 is 0 Å². The fourth-order valence-corrected chi connectivity index (χ4v) is 3.02. The van der Waals surface area contributed by atoms with Crippen LogP contribution in [0.3, 0.4) is 0 Å². The van der Waals surface area contributed by atoms with Crippen molar-refractivity contribution in [1.29, 1.82) is 0 Å². The fraction of sp³-hybridized carbons (Fsp3) is 0.688. The van der Waals surface area contributed by atoms with E-state index in [9.17, 15) is 8.78 Å². The molecule has 0 aromatic carbocycles. The predicted octanol–water partition coefficient (Wildman–Crippen LogP) is 3.73. The molecule has 3 rings (SSSR count). The Hall–Kier alpha value is -1.83. The highest BCUT2D eigenvalue weighted by molar-refractivity contribution is 5.55. The van der Waals surface area contributed by atoms with Crippen LogP contribution in [-0.4, -0.2) is 26.5 Å². The van der Waals surface area contributed by atoms with E-state index in [1.807, 2.05) is 13.8 Å². The van der Waals surface area contributed by atoms with Crippen molar-refractivity contribution in [3.63, 3.8) is 0 Å². The zero-order chi connectivity index (χ0) is 17.1. The molecule has 0 spiro atoms. The second-order valence-corrected chi connectivity index (χ2v) is 6.63. The third-order valence-corrected chi connectivity index (χ3v) is 4.17. The van der Waals surface area contributed by atoms with Gasteiger partial charge in [0.25, 0.3) is 12.3 Å². The number of nitrogens with one attached hydrogen (secondary N) is 1. The highest BCUT2D eigenvalue weighted by atomic mass is 19.3. The Bertz CT molecular complexity index is 659. The maximum atomic E-state index is 13.5. The highest BCUT2D eigenvalue weighted by Crippen LogP contribution is 2.31. The topological polar surface area (TPSA) is 68.8 Å². The quantitative estimate of drug-likeness (QED) is 0.899. The molecule has 0 amide bonds. The van der Waals surface area contributed by atoms with E-state index < -0.39 is 6.43 Å². The van der Waals surface area contributed by atoms with Crippen LogP contribution in [0.1, 0.15) is 63.5 Å². The van der Waals surface area contributed by atoms with Crippen molar-refractivity contribution in [3.05, 3.63) is 17.7 Å². The monoisotopic (exact) mass is 339 g/mol. The molecule has 0 saturated carbocycles. The van der Waals surface area contributed by atoms with Crippen molar-refractivity contribution in [1.82, 2.24) is 25.2 Å². The highest BCUT2D eigenvalue weighted by Gasteiger charge is 2.27. The molecule has 1 N–H and O–H groups in total.